The molecule has 1 heterocycles. The second-order valence-corrected chi connectivity index (χ2v) is 6.17. The van der Waals surface area contributed by atoms with Crippen LogP contribution in [-0.4, -0.2) is 25.2 Å². The third-order valence-electron chi connectivity index (χ3n) is 1.91. The Kier molecular flexibility index (Phi) is 4.45. The van der Waals surface area contributed by atoms with Crippen molar-refractivity contribution in [3.8, 4) is 0 Å². The highest BCUT2D eigenvalue weighted by molar-refractivity contribution is 7.89. The standard InChI is InChI=1S/C9H13NO4S2/c1-7(8-3-2-5-15-8)10-16(13,14)6-4-9(11)12/h2-3,5,7,10H,4,6H2,1H3,(H,11,12)/t7-/m0/s1. The van der Waals surface area contributed by atoms with E-state index < -0.39 is 21.7 Å². The molecule has 7 heteroatoms. The molecule has 5 nitrogen and oxygen atoms in total. The fraction of sp³-hybridized carbons (Fsp3) is 0.444. The molecule has 0 amide bonds. The highest BCUT2D eigenvalue weighted by Crippen LogP contribution is 2.18. The molecule has 0 aromatic carbocycles. The zero-order valence-corrected chi connectivity index (χ0v) is 10.3. The van der Waals surface area contributed by atoms with Crippen molar-refractivity contribution >= 4 is 27.3 Å². The first-order valence-corrected chi connectivity index (χ1v) is 7.19. The van der Waals surface area contributed by atoms with Crippen LogP contribution in [0.3, 0.4) is 0 Å². The third-order valence-corrected chi connectivity index (χ3v) is 4.42. The van der Waals surface area contributed by atoms with Crippen molar-refractivity contribution in [2.75, 3.05) is 5.75 Å². The molecule has 0 bridgehead atoms. The SMILES string of the molecule is C[C@H](NS(=O)(=O)CCC(=O)O)c1cccs1. The van der Waals surface area contributed by atoms with E-state index in [2.05, 4.69) is 4.72 Å². The fourth-order valence-electron chi connectivity index (χ4n) is 1.15. The Balaban J connectivity index is 2.56. The van der Waals surface area contributed by atoms with Crippen LogP contribution in [0.4, 0.5) is 0 Å². The number of hydrogen-bond donors (Lipinski definition) is 2. The molecule has 0 aliphatic heterocycles. The van der Waals surface area contributed by atoms with Crippen LogP contribution < -0.4 is 4.72 Å². The second-order valence-electron chi connectivity index (χ2n) is 3.32. The third kappa shape index (κ3) is 4.30. The van der Waals surface area contributed by atoms with Crippen LogP contribution in [0.2, 0.25) is 0 Å². The molecule has 0 saturated heterocycles. The van der Waals surface area contributed by atoms with Gasteiger partial charge in [0.05, 0.1) is 18.2 Å². The van der Waals surface area contributed by atoms with Gasteiger partial charge in [0.2, 0.25) is 10.0 Å². The van der Waals surface area contributed by atoms with Crippen molar-refractivity contribution in [2.24, 2.45) is 0 Å². The van der Waals surface area contributed by atoms with Crippen molar-refractivity contribution in [1.82, 2.24) is 4.72 Å². The quantitative estimate of drug-likeness (QED) is 0.808. The topological polar surface area (TPSA) is 83.5 Å². The van der Waals surface area contributed by atoms with Gasteiger partial charge in [0.1, 0.15) is 0 Å². The Hall–Kier alpha value is -0.920. The van der Waals surface area contributed by atoms with Gasteiger partial charge >= 0.3 is 5.97 Å². The number of thiophene rings is 1. The summed E-state index contributed by atoms with van der Waals surface area (Å²) in [5, 5.41) is 10.3. The van der Waals surface area contributed by atoms with Gasteiger partial charge in [0.25, 0.3) is 0 Å². The minimum Gasteiger partial charge on any atom is -0.481 e. The lowest BCUT2D eigenvalue weighted by molar-refractivity contribution is -0.136. The molecule has 0 aliphatic rings. The van der Waals surface area contributed by atoms with Crippen LogP contribution in [0.1, 0.15) is 24.3 Å². The van der Waals surface area contributed by atoms with Crippen molar-refractivity contribution < 1.29 is 18.3 Å². The van der Waals surface area contributed by atoms with Gasteiger partial charge in [-0.15, -0.1) is 11.3 Å². The molecule has 0 aliphatic carbocycles. The number of sulfonamides is 1. The van der Waals surface area contributed by atoms with Gasteiger partial charge < -0.3 is 5.11 Å². The van der Waals surface area contributed by atoms with Crippen molar-refractivity contribution in [2.45, 2.75) is 19.4 Å². The maximum absolute atomic E-state index is 11.5. The molecule has 90 valence electrons. The summed E-state index contributed by atoms with van der Waals surface area (Å²) in [6.45, 7) is 1.73. The molecule has 0 fully saturated rings. The first kappa shape index (κ1) is 13.1. The Morgan fingerprint density at radius 1 is 1.62 bits per heavy atom. The summed E-state index contributed by atoms with van der Waals surface area (Å²) in [6, 6.07) is 3.34. The Morgan fingerprint density at radius 3 is 2.81 bits per heavy atom. The fourth-order valence-corrected chi connectivity index (χ4v) is 3.18. The average Bonchev–Trinajstić information content (AvgIpc) is 2.67. The number of aliphatic carboxylic acids is 1. The lowest BCUT2D eigenvalue weighted by atomic mass is 10.3. The van der Waals surface area contributed by atoms with Gasteiger partial charge in [0.15, 0.2) is 0 Å². The first-order chi connectivity index (χ1) is 7.41. The summed E-state index contributed by atoms with van der Waals surface area (Å²) in [5.74, 6) is -1.51. The second kappa shape index (κ2) is 5.42. The summed E-state index contributed by atoms with van der Waals surface area (Å²) in [7, 11) is -3.53. The van der Waals surface area contributed by atoms with Gasteiger partial charge in [-0.3, -0.25) is 4.79 Å². The van der Waals surface area contributed by atoms with Crippen molar-refractivity contribution in [1.29, 1.82) is 0 Å². The van der Waals surface area contributed by atoms with E-state index in [1.807, 2.05) is 17.5 Å². The van der Waals surface area contributed by atoms with Gasteiger partial charge in [-0.25, -0.2) is 13.1 Å². The van der Waals surface area contributed by atoms with E-state index in [0.717, 1.165) is 4.88 Å². The maximum Gasteiger partial charge on any atom is 0.304 e. The average molecular weight is 263 g/mol. The maximum atomic E-state index is 11.5. The number of nitrogens with one attached hydrogen (secondary N) is 1. The van der Waals surface area contributed by atoms with Crippen LogP contribution in [-0.2, 0) is 14.8 Å². The lowest BCUT2D eigenvalue weighted by Crippen LogP contribution is -2.29. The molecule has 16 heavy (non-hydrogen) atoms. The van der Waals surface area contributed by atoms with Gasteiger partial charge in [-0.05, 0) is 18.4 Å². The predicted molar refractivity (Wildman–Crippen MR) is 61.9 cm³/mol. The van der Waals surface area contributed by atoms with Crippen LogP contribution in [0.5, 0.6) is 0 Å². The van der Waals surface area contributed by atoms with Gasteiger partial charge in [-0.2, -0.15) is 0 Å². The smallest absolute Gasteiger partial charge is 0.304 e. The molecular weight excluding hydrogens is 250 g/mol. The lowest BCUT2D eigenvalue weighted by Gasteiger charge is -2.11. The minimum atomic E-state index is -3.53. The van der Waals surface area contributed by atoms with Crippen LogP contribution in [0, 0.1) is 0 Å². The number of hydrogen-bond acceptors (Lipinski definition) is 4. The molecule has 1 aromatic heterocycles. The summed E-state index contributed by atoms with van der Waals surface area (Å²) in [4.78, 5) is 11.2. The molecule has 0 spiro atoms. The highest BCUT2D eigenvalue weighted by atomic mass is 32.2. The molecular formula is C9H13NO4S2. The largest absolute Gasteiger partial charge is 0.481 e. The number of carboxylic acid groups (broad SMARTS) is 1. The van der Waals surface area contributed by atoms with E-state index in [0.29, 0.717) is 0 Å². The zero-order chi connectivity index (χ0) is 12.2. The minimum absolute atomic E-state index is 0.321. The highest BCUT2D eigenvalue weighted by Gasteiger charge is 2.17. The number of carbonyl (C=O) groups is 1. The van der Waals surface area contributed by atoms with E-state index in [4.69, 9.17) is 5.11 Å². The van der Waals surface area contributed by atoms with E-state index >= 15 is 0 Å². The molecule has 1 aromatic rings. The number of carboxylic acids is 1. The van der Waals surface area contributed by atoms with E-state index in [1.54, 1.807) is 6.92 Å². The Morgan fingerprint density at radius 2 is 2.31 bits per heavy atom. The first-order valence-electron chi connectivity index (χ1n) is 4.66. The Bertz CT molecular complexity index is 438. The summed E-state index contributed by atoms with van der Waals surface area (Å²) < 4.78 is 25.4. The van der Waals surface area contributed by atoms with Gasteiger partial charge in [-0.1, -0.05) is 6.07 Å². The normalized spacial score (nSPS) is 13.6. The Labute approximate surface area is 98.2 Å². The molecule has 1 rings (SSSR count). The summed E-state index contributed by atoms with van der Waals surface area (Å²) in [5.41, 5.74) is 0. The summed E-state index contributed by atoms with van der Waals surface area (Å²) in [6.07, 6.45) is -0.382. The molecule has 2 N–H and O–H groups in total. The van der Waals surface area contributed by atoms with Crippen LogP contribution in [0.15, 0.2) is 17.5 Å². The van der Waals surface area contributed by atoms with E-state index in [9.17, 15) is 13.2 Å². The summed E-state index contributed by atoms with van der Waals surface area (Å²) >= 11 is 1.45. The van der Waals surface area contributed by atoms with Crippen molar-refractivity contribution in [3.63, 3.8) is 0 Å². The van der Waals surface area contributed by atoms with Crippen LogP contribution in [0.25, 0.3) is 0 Å². The monoisotopic (exact) mass is 263 g/mol. The predicted octanol–water partition coefficient (Wildman–Crippen LogP) is 1.20. The molecule has 0 saturated carbocycles. The molecule has 0 unspecified atom stereocenters. The van der Waals surface area contributed by atoms with E-state index in [1.165, 1.54) is 11.3 Å². The van der Waals surface area contributed by atoms with Crippen LogP contribution >= 0.6 is 11.3 Å². The zero-order valence-electron chi connectivity index (χ0n) is 8.71. The molecule has 1 atom stereocenters. The molecule has 0 radical (unpaired) electrons. The van der Waals surface area contributed by atoms with Crippen molar-refractivity contribution in [3.05, 3.63) is 22.4 Å². The van der Waals surface area contributed by atoms with E-state index in [-0.39, 0.29) is 12.5 Å². The number of rotatable bonds is 6. The van der Waals surface area contributed by atoms with Gasteiger partial charge in [0, 0.05) is 4.88 Å².